The molecule has 0 saturated heterocycles. The van der Waals surface area contributed by atoms with Gasteiger partial charge in [0.15, 0.2) is 0 Å². The third-order valence-electron chi connectivity index (χ3n) is 3.08. The van der Waals surface area contributed by atoms with Gasteiger partial charge >= 0.3 is 0 Å². The zero-order valence-corrected chi connectivity index (χ0v) is 11.4. The molecule has 0 bridgehead atoms. The summed E-state index contributed by atoms with van der Waals surface area (Å²) in [6.45, 7) is 6.06. The standard InChI is InChI=1S/C14H17N3O2/c1-5-10(19-4)6-9(2)12-8-17(3)14(18)13-11(12)7-15-16-13/h6-8H,2,5H2,1,3-4H3,(H,15,16)/b10-6+. The Morgan fingerprint density at radius 2 is 2.37 bits per heavy atom. The van der Waals surface area contributed by atoms with Gasteiger partial charge in [0.2, 0.25) is 0 Å². The Morgan fingerprint density at radius 3 is 3.00 bits per heavy atom. The van der Waals surface area contributed by atoms with Crippen molar-refractivity contribution < 1.29 is 4.74 Å². The largest absolute Gasteiger partial charge is 0.501 e. The predicted molar refractivity (Wildman–Crippen MR) is 75.8 cm³/mol. The number of aryl methyl sites for hydroxylation is 1. The molecule has 0 aromatic carbocycles. The van der Waals surface area contributed by atoms with Crippen LogP contribution in [0.5, 0.6) is 0 Å². The molecule has 0 atom stereocenters. The van der Waals surface area contributed by atoms with E-state index in [1.165, 1.54) is 4.57 Å². The number of ether oxygens (including phenoxy) is 1. The molecule has 0 saturated carbocycles. The Hall–Kier alpha value is -2.30. The number of rotatable bonds is 4. The molecule has 100 valence electrons. The number of nitrogens with one attached hydrogen (secondary N) is 1. The highest BCUT2D eigenvalue weighted by molar-refractivity contribution is 5.92. The van der Waals surface area contributed by atoms with Crippen molar-refractivity contribution in [1.29, 1.82) is 0 Å². The van der Waals surface area contributed by atoms with E-state index in [0.717, 1.165) is 28.7 Å². The highest BCUT2D eigenvalue weighted by Gasteiger charge is 2.10. The molecule has 5 nitrogen and oxygen atoms in total. The Morgan fingerprint density at radius 1 is 1.63 bits per heavy atom. The van der Waals surface area contributed by atoms with Gasteiger partial charge in [-0.1, -0.05) is 13.5 Å². The molecule has 2 aromatic heterocycles. The number of pyridine rings is 1. The zero-order chi connectivity index (χ0) is 14.0. The minimum Gasteiger partial charge on any atom is -0.501 e. The Balaban J connectivity index is 2.60. The summed E-state index contributed by atoms with van der Waals surface area (Å²) in [6.07, 6.45) is 6.08. The molecule has 0 amide bonds. The van der Waals surface area contributed by atoms with E-state index < -0.39 is 0 Å². The van der Waals surface area contributed by atoms with Crippen LogP contribution in [-0.2, 0) is 11.8 Å². The van der Waals surface area contributed by atoms with Crippen molar-refractivity contribution >= 4 is 16.5 Å². The molecule has 0 aliphatic heterocycles. The van der Waals surface area contributed by atoms with Gasteiger partial charge in [-0.2, -0.15) is 5.10 Å². The molecule has 0 unspecified atom stereocenters. The number of fused-ring (bicyclic) bond motifs is 1. The molecule has 0 fully saturated rings. The summed E-state index contributed by atoms with van der Waals surface area (Å²) in [5.41, 5.74) is 2.05. The second-order valence-electron chi connectivity index (χ2n) is 4.31. The highest BCUT2D eigenvalue weighted by atomic mass is 16.5. The lowest BCUT2D eigenvalue weighted by molar-refractivity contribution is 0.281. The molecule has 5 heteroatoms. The van der Waals surface area contributed by atoms with E-state index in [4.69, 9.17) is 4.74 Å². The number of hydrogen-bond donors (Lipinski definition) is 1. The second-order valence-corrected chi connectivity index (χ2v) is 4.31. The first-order valence-corrected chi connectivity index (χ1v) is 6.05. The molecule has 0 radical (unpaired) electrons. The van der Waals surface area contributed by atoms with Crippen molar-refractivity contribution in [3.63, 3.8) is 0 Å². The number of nitrogens with zero attached hydrogens (tertiary/aromatic N) is 2. The van der Waals surface area contributed by atoms with Crippen molar-refractivity contribution in [2.45, 2.75) is 13.3 Å². The van der Waals surface area contributed by atoms with Crippen LogP contribution in [0.25, 0.3) is 16.5 Å². The van der Waals surface area contributed by atoms with Gasteiger partial charge in [-0.25, -0.2) is 0 Å². The van der Waals surface area contributed by atoms with E-state index in [2.05, 4.69) is 16.8 Å². The van der Waals surface area contributed by atoms with Crippen LogP contribution in [0.2, 0.25) is 0 Å². The topological polar surface area (TPSA) is 59.9 Å². The lowest BCUT2D eigenvalue weighted by Gasteiger charge is -2.08. The van der Waals surface area contributed by atoms with E-state index in [1.54, 1.807) is 26.6 Å². The van der Waals surface area contributed by atoms with Gasteiger partial charge in [-0.3, -0.25) is 9.89 Å². The number of methoxy groups -OCH3 is 1. The van der Waals surface area contributed by atoms with Crippen molar-refractivity contribution in [2.24, 2.45) is 7.05 Å². The van der Waals surface area contributed by atoms with Gasteiger partial charge in [0.05, 0.1) is 19.1 Å². The predicted octanol–water partition coefficient (Wildman–Crippen LogP) is 2.22. The molecule has 2 aromatic rings. The fraction of sp³-hybridized carbons (Fsp3) is 0.286. The molecule has 1 N–H and O–H groups in total. The van der Waals surface area contributed by atoms with Crippen LogP contribution < -0.4 is 5.56 Å². The molecular weight excluding hydrogens is 242 g/mol. The number of aromatic nitrogens is 3. The van der Waals surface area contributed by atoms with E-state index >= 15 is 0 Å². The first kappa shape index (κ1) is 13.1. The normalized spacial score (nSPS) is 11.8. The lowest BCUT2D eigenvalue weighted by atomic mass is 10.0. The summed E-state index contributed by atoms with van der Waals surface area (Å²) in [4.78, 5) is 11.9. The summed E-state index contributed by atoms with van der Waals surface area (Å²) >= 11 is 0. The number of allylic oxidation sites excluding steroid dienone is 3. The molecule has 0 aliphatic rings. The van der Waals surface area contributed by atoms with Crippen LogP contribution in [-0.4, -0.2) is 21.9 Å². The van der Waals surface area contributed by atoms with Crippen molar-refractivity contribution in [3.8, 4) is 0 Å². The average molecular weight is 259 g/mol. The van der Waals surface area contributed by atoms with Crippen LogP contribution in [0.1, 0.15) is 18.9 Å². The van der Waals surface area contributed by atoms with E-state index in [9.17, 15) is 4.79 Å². The number of H-pyrrole nitrogens is 1. The summed E-state index contributed by atoms with van der Waals surface area (Å²) in [5.74, 6) is 0.843. The maximum absolute atomic E-state index is 11.9. The lowest BCUT2D eigenvalue weighted by Crippen LogP contribution is -2.17. The van der Waals surface area contributed by atoms with Crippen LogP contribution in [0.15, 0.2) is 35.6 Å². The molecule has 0 aliphatic carbocycles. The van der Waals surface area contributed by atoms with E-state index in [0.29, 0.717) is 5.52 Å². The summed E-state index contributed by atoms with van der Waals surface area (Å²) in [5, 5.41) is 7.44. The van der Waals surface area contributed by atoms with Crippen LogP contribution in [0.3, 0.4) is 0 Å². The fourth-order valence-corrected chi connectivity index (χ4v) is 1.98. The van der Waals surface area contributed by atoms with Gasteiger partial charge in [0.25, 0.3) is 5.56 Å². The first-order valence-electron chi connectivity index (χ1n) is 6.05. The van der Waals surface area contributed by atoms with Gasteiger partial charge in [0.1, 0.15) is 5.52 Å². The summed E-state index contributed by atoms with van der Waals surface area (Å²) < 4.78 is 6.77. The SMILES string of the molecule is C=C(/C=C(\CC)OC)c1cn(C)c(=O)c2[nH]ncc12. The minimum absolute atomic E-state index is 0.101. The third-order valence-corrected chi connectivity index (χ3v) is 3.08. The maximum Gasteiger partial charge on any atom is 0.276 e. The van der Waals surface area contributed by atoms with Crippen molar-refractivity contribution in [2.75, 3.05) is 7.11 Å². The zero-order valence-electron chi connectivity index (χ0n) is 11.4. The third kappa shape index (κ3) is 2.31. The molecule has 19 heavy (non-hydrogen) atoms. The smallest absolute Gasteiger partial charge is 0.276 e. The van der Waals surface area contributed by atoms with Crippen molar-refractivity contribution in [1.82, 2.24) is 14.8 Å². The van der Waals surface area contributed by atoms with Gasteiger partial charge in [-0.05, 0) is 11.6 Å². The average Bonchev–Trinajstić information content (AvgIpc) is 2.89. The molecular formula is C14H17N3O2. The second kappa shape index (κ2) is 5.14. The minimum atomic E-state index is -0.101. The van der Waals surface area contributed by atoms with Gasteiger partial charge in [-0.15, -0.1) is 0 Å². The number of aromatic amines is 1. The van der Waals surface area contributed by atoms with Crippen LogP contribution >= 0.6 is 0 Å². The van der Waals surface area contributed by atoms with Crippen LogP contribution in [0.4, 0.5) is 0 Å². The van der Waals surface area contributed by atoms with Gasteiger partial charge < -0.3 is 9.30 Å². The Labute approximate surface area is 111 Å². The van der Waals surface area contributed by atoms with Crippen molar-refractivity contribution in [3.05, 3.63) is 46.7 Å². The monoisotopic (exact) mass is 259 g/mol. The quantitative estimate of drug-likeness (QED) is 0.676. The summed E-state index contributed by atoms with van der Waals surface area (Å²) in [7, 11) is 3.34. The Bertz CT molecular complexity index is 701. The molecule has 2 heterocycles. The highest BCUT2D eigenvalue weighted by Crippen LogP contribution is 2.22. The number of hydrogen-bond acceptors (Lipinski definition) is 3. The fourth-order valence-electron chi connectivity index (χ4n) is 1.98. The first-order chi connectivity index (χ1) is 9.08. The Kier molecular flexibility index (Phi) is 3.55. The molecule has 2 rings (SSSR count). The van der Waals surface area contributed by atoms with E-state index in [-0.39, 0.29) is 5.56 Å². The molecule has 0 spiro atoms. The van der Waals surface area contributed by atoms with Gasteiger partial charge in [0, 0.05) is 30.6 Å². The summed E-state index contributed by atoms with van der Waals surface area (Å²) in [6, 6.07) is 0. The van der Waals surface area contributed by atoms with E-state index in [1.807, 2.05) is 13.0 Å². The van der Waals surface area contributed by atoms with Crippen LogP contribution in [0, 0.1) is 0 Å². The maximum atomic E-state index is 11.9.